The van der Waals surface area contributed by atoms with E-state index in [4.69, 9.17) is 5.84 Å². The summed E-state index contributed by atoms with van der Waals surface area (Å²) in [4.78, 5) is 4.06. The lowest BCUT2D eigenvalue weighted by Gasteiger charge is -2.16. The van der Waals surface area contributed by atoms with Gasteiger partial charge in [-0.05, 0) is 18.2 Å². The Balaban J connectivity index is 2.16. The van der Waals surface area contributed by atoms with Crippen LogP contribution in [0.5, 0.6) is 0 Å². The third-order valence-electron chi connectivity index (χ3n) is 3.10. The van der Waals surface area contributed by atoms with Crippen LogP contribution >= 0.6 is 15.9 Å². The molecule has 102 valence electrons. The Kier molecular flexibility index (Phi) is 3.47. The number of nitrogens with two attached hydrogens (primary N) is 1. The van der Waals surface area contributed by atoms with Crippen LogP contribution in [-0.2, 0) is 0 Å². The monoisotopic (exact) mass is 335 g/mol. The number of nitrogens with zero attached hydrogens (tertiary/aromatic N) is 3. The molecule has 0 aliphatic rings. The minimum atomic E-state index is -0.505. The van der Waals surface area contributed by atoms with Gasteiger partial charge in [-0.2, -0.15) is 5.10 Å². The molecule has 20 heavy (non-hydrogen) atoms. The molecule has 0 aliphatic heterocycles. The fourth-order valence-electron chi connectivity index (χ4n) is 2.16. The maximum Gasteiger partial charge on any atom is 0.128 e. The van der Waals surface area contributed by atoms with Crippen LogP contribution in [0.25, 0.3) is 5.52 Å². The molecule has 0 saturated carbocycles. The average molecular weight is 336 g/mol. The van der Waals surface area contributed by atoms with Crippen molar-refractivity contribution in [3.8, 4) is 0 Å². The summed E-state index contributed by atoms with van der Waals surface area (Å²) in [6.07, 6.45) is 6.68. The van der Waals surface area contributed by atoms with E-state index in [-0.39, 0.29) is 5.82 Å². The molecule has 0 bridgehead atoms. The van der Waals surface area contributed by atoms with E-state index in [1.165, 1.54) is 6.07 Å². The molecule has 0 saturated heterocycles. The highest BCUT2D eigenvalue weighted by Crippen LogP contribution is 2.28. The van der Waals surface area contributed by atoms with Gasteiger partial charge in [0, 0.05) is 28.0 Å². The average Bonchev–Trinajstić information content (AvgIpc) is 2.88. The molecule has 0 amide bonds. The van der Waals surface area contributed by atoms with Gasteiger partial charge in [0.1, 0.15) is 5.82 Å². The Morgan fingerprint density at radius 1 is 1.30 bits per heavy atom. The maximum atomic E-state index is 14.0. The molecule has 0 aliphatic carbocycles. The third kappa shape index (κ3) is 2.20. The molecule has 1 unspecified atom stereocenters. The molecule has 0 spiro atoms. The molecule has 2 heterocycles. The summed E-state index contributed by atoms with van der Waals surface area (Å²) in [5.41, 5.74) is 4.62. The van der Waals surface area contributed by atoms with Crippen molar-refractivity contribution >= 4 is 21.4 Å². The van der Waals surface area contributed by atoms with Crippen molar-refractivity contribution in [1.29, 1.82) is 0 Å². The molecule has 7 heteroatoms. The third-order valence-corrected chi connectivity index (χ3v) is 3.59. The van der Waals surface area contributed by atoms with Crippen molar-refractivity contribution in [3.05, 3.63) is 64.4 Å². The van der Waals surface area contributed by atoms with Crippen LogP contribution in [0.4, 0.5) is 4.39 Å². The van der Waals surface area contributed by atoms with Crippen LogP contribution < -0.4 is 11.3 Å². The Morgan fingerprint density at radius 2 is 2.15 bits per heavy atom. The number of nitrogens with one attached hydrogen (secondary N) is 1. The quantitative estimate of drug-likeness (QED) is 0.568. The van der Waals surface area contributed by atoms with E-state index < -0.39 is 6.04 Å². The maximum absolute atomic E-state index is 14.0. The van der Waals surface area contributed by atoms with Crippen LogP contribution in [0.1, 0.15) is 17.2 Å². The summed E-state index contributed by atoms with van der Waals surface area (Å²) < 4.78 is 16.5. The molecule has 2 aromatic heterocycles. The second-order valence-corrected chi connectivity index (χ2v) is 5.19. The van der Waals surface area contributed by atoms with E-state index >= 15 is 0 Å². The second-order valence-electron chi connectivity index (χ2n) is 4.27. The molecule has 0 radical (unpaired) electrons. The predicted molar refractivity (Wildman–Crippen MR) is 76.3 cm³/mol. The Hall–Kier alpha value is -1.83. The van der Waals surface area contributed by atoms with Crippen molar-refractivity contribution in [3.63, 3.8) is 0 Å². The largest absolute Gasteiger partial charge is 0.271 e. The van der Waals surface area contributed by atoms with Crippen molar-refractivity contribution < 1.29 is 4.39 Å². The van der Waals surface area contributed by atoms with E-state index in [2.05, 4.69) is 31.4 Å². The van der Waals surface area contributed by atoms with Gasteiger partial charge in [0.2, 0.25) is 0 Å². The predicted octanol–water partition coefficient (Wildman–Crippen LogP) is 2.18. The summed E-state index contributed by atoms with van der Waals surface area (Å²) in [7, 11) is 0. The standard InChI is InChI=1S/C13H11BrFN5/c14-8-1-2-11(15)9(5-8)13(19-16)10-6-18-20-4-3-17-7-12(10)20/h1-7,13,19H,16H2. The van der Waals surface area contributed by atoms with Crippen molar-refractivity contribution in [2.24, 2.45) is 5.84 Å². The zero-order valence-electron chi connectivity index (χ0n) is 10.3. The Labute approximate surface area is 122 Å². The van der Waals surface area contributed by atoms with Crippen LogP contribution in [-0.4, -0.2) is 14.6 Å². The molecule has 1 atom stereocenters. The zero-order chi connectivity index (χ0) is 14.1. The molecular formula is C13H11BrFN5. The summed E-state index contributed by atoms with van der Waals surface area (Å²) in [5, 5.41) is 4.21. The van der Waals surface area contributed by atoms with Gasteiger partial charge in [-0.15, -0.1) is 0 Å². The van der Waals surface area contributed by atoms with Gasteiger partial charge in [0.05, 0.1) is 24.0 Å². The number of rotatable bonds is 3. The van der Waals surface area contributed by atoms with Crippen LogP contribution in [0, 0.1) is 5.82 Å². The second kappa shape index (κ2) is 5.28. The zero-order valence-corrected chi connectivity index (χ0v) is 11.9. The first-order valence-electron chi connectivity index (χ1n) is 5.89. The van der Waals surface area contributed by atoms with Crippen molar-refractivity contribution in [1.82, 2.24) is 20.0 Å². The molecule has 0 fully saturated rings. The normalized spacial score (nSPS) is 12.8. The number of hydrazine groups is 1. The topological polar surface area (TPSA) is 68.2 Å². The lowest BCUT2D eigenvalue weighted by molar-refractivity contribution is 0.561. The number of hydrogen-bond donors (Lipinski definition) is 2. The van der Waals surface area contributed by atoms with Gasteiger partial charge in [0.15, 0.2) is 0 Å². The number of hydrogen-bond acceptors (Lipinski definition) is 4. The van der Waals surface area contributed by atoms with Gasteiger partial charge in [-0.1, -0.05) is 15.9 Å². The number of benzene rings is 1. The van der Waals surface area contributed by atoms with Crippen molar-refractivity contribution in [2.45, 2.75) is 6.04 Å². The minimum absolute atomic E-state index is 0.334. The highest BCUT2D eigenvalue weighted by Gasteiger charge is 2.20. The minimum Gasteiger partial charge on any atom is -0.271 e. The first-order chi connectivity index (χ1) is 9.70. The summed E-state index contributed by atoms with van der Waals surface area (Å²) in [6, 6.07) is 4.23. The number of aromatic nitrogens is 3. The van der Waals surface area contributed by atoms with Gasteiger partial charge in [-0.25, -0.2) is 14.3 Å². The molecule has 1 aromatic carbocycles. The fourth-order valence-corrected chi connectivity index (χ4v) is 2.54. The van der Waals surface area contributed by atoms with Gasteiger partial charge in [-0.3, -0.25) is 10.8 Å². The Morgan fingerprint density at radius 3 is 2.95 bits per heavy atom. The SMILES string of the molecule is NNC(c1cc(Br)ccc1F)c1cnn2ccncc12. The van der Waals surface area contributed by atoms with Crippen LogP contribution in [0.15, 0.2) is 47.5 Å². The smallest absolute Gasteiger partial charge is 0.128 e. The number of halogens is 2. The van der Waals surface area contributed by atoms with E-state index in [0.29, 0.717) is 5.56 Å². The van der Waals surface area contributed by atoms with Crippen LogP contribution in [0.2, 0.25) is 0 Å². The van der Waals surface area contributed by atoms with E-state index in [1.807, 2.05) is 0 Å². The Bertz CT molecular complexity index is 757. The molecule has 3 rings (SSSR count). The fraction of sp³-hybridized carbons (Fsp3) is 0.0769. The van der Waals surface area contributed by atoms with Gasteiger partial charge in [0.25, 0.3) is 0 Å². The lowest BCUT2D eigenvalue weighted by atomic mass is 10.0. The molecule has 3 N–H and O–H groups in total. The first-order valence-corrected chi connectivity index (χ1v) is 6.68. The van der Waals surface area contributed by atoms with Crippen molar-refractivity contribution in [2.75, 3.05) is 0 Å². The summed E-state index contributed by atoms with van der Waals surface area (Å²) in [5.74, 6) is 5.28. The van der Waals surface area contributed by atoms with Crippen LogP contribution in [0.3, 0.4) is 0 Å². The highest BCUT2D eigenvalue weighted by molar-refractivity contribution is 9.10. The highest BCUT2D eigenvalue weighted by atomic mass is 79.9. The van der Waals surface area contributed by atoms with Gasteiger partial charge >= 0.3 is 0 Å². The molecular weight excluding hydrogens is 325 g/mol. The molecule has 5 nitrogen and oxygen atoms in total. The first kappa shape index (κ1) is 13.2. The van der Waals surface area contributed by atoms with E-state index in [0.717, 1.165) is 15.6 Å². The number of fused-ring (bicyclic) bond motifs is 1. The summed E-state index contributed by atoms with van der Waals surface area (Å²) in [6.45, 7) is 0. The van der Waals surface area contributed by atoms with Gasteiger partial charge < -0.3 is 0 Å². The lowest BCUT2D eigenvalue weighted by Crippen LogP contribution is -2.29. The summed E-state index contributed by atoms with van der Waals surface area (Å²) >= 11 is 3.34. The van der Waals surface area contributed by atoms with E-state index in [9.17, 15) is 4.39 Å². The van der Waals surface area contributed by atoms with E-state index in [1.54, 1.807) is 41.4 Å². The molecule has 3 aromatic rings.